The van der Waals surface area contributed by atoms with Crippen molar-refractivity contribution in [2.75, 3.05) is 5.32 Å². The van der Waals surface area contributed by atoms with Gasteiger partial charge in [-0.3, -0.25) is 0 Å². The normalized spacial score (nSPS) is 12.2. The van der Waals surface area contributed by atoms with E-state index >= 15 is 0 Å². The molecule has 19 heavy (non-hydrogen) atoms. The Morgan fingerprint density at radius 1 is 1.00 bits per heavy atom. The Kier molecular flexibility index (Phi) is 4.34. The molecule has 2 rings (SSSR count). The fourth-order valence-electron chi connectivity index (χ4n) is 1.81. The maximum Gasteiger partial charge on any atom is 0.119 e. The summed E-state index contributed by atoms with van der Waals surface area (Å²) < 4.78 is 5.63. The summed E-state index contributed by atoms with van der Waals surface area (Å²) in [4.78, 5) is 7.97. The first kappa shape index (κ1) is 13.3. The Morgan fingerprint density at radius 3 is 2.21 bits per heavy atom. The van der Waals surface area contributed by atoms with Gasteiger partial charge >= 0.3 is 0 Å². The fraction of sp³-hybridized carbons (Fsp3) is 0.333. The number of ether oxygens (including phenoxy) is 1. The zero-order valence-electron chi connectivity index (χ0n) is 11.5. The Bertz CT molecular complexity index is 497. The quantitative estimate of drug-likeness (QED) is 0.891. The molecule has 0 saturated heterocycles. The summed E-state index contributed by atoms with van der Waals surface area (Å²) in [5.41, 5.74) is 2.11. The Balaban J connectivity index is 2.01. The van der Waals surface area contributed by atoms with Gasteiger partial charge in [-0.1, -0.05) is 12.1 Å². The van der Waals surface area contributed by atoms with Crippen LogP contribution in [0.25, 0.3) is 0 Å². The minimum atomic E-state index is 0.194. The molecule has 0 fully saturated rings. The van der Waals surface area contributed by atoms with Crippen molar-refractivity contribution in [2.24, 2.45) is 0 Å². The first-order valence-electron chi connectivity index (χ1n) is 6.43. The topological polar surface area (TPSA) is 47.0 Å². The zero-order valence-corrected chi connectivity index (χ0v) is 11.5. The Labute approximate surface area is 113 Å². The van der Waals surface area contributed by atoms with E-state index in [0.29, 0.717) is 0 Å². The zero-order chi connectivity index (χ0) is 13.7. The molecule has 0 spiro atoms. The van der Waals surface area contributed by atoms with Gasteiger partial charge in [0.05, 0.1) is 24.2 Å². The molecule has 4 nitrogen and oxygen atoms in total. The lowest BCUT2D eigenvalue weighted by Gasteiger charge is -2.16. The molecule has 0 aliphatic rings. The first-order chi connectivity index (χ1) is 9.15. The number of hydrogen-bond donors (Lipinski definition) is 1. The van der Waals surface area contributed by atoms with E-state index < -0.39 is 0 Å². The maximum atomic E-state index is 5.63. The van der Waals surface area contributed by atoms with Crippen LogP contribution in [0.2, 0.25) is 0 Å². The lowest BCUT2D eigenvalue weighted by Crippen LogP contribution is -2.08. The molecule has 0 saturated carbocycles. The second-order valence-electron chi connectivity index (χ2n) is 4.73. The van der Waals surface area contributed by atoms with Crippen LogP contribution in [0.15, 0.2) is 43.0 Å². The van der Waals surface area contributed by atoms with Gasteiger partial charge < -0.3 is 10.1 Å². The van der Waals surface area contributed by atoms with Crippen molar-refractivity contribution in [2.45, 2.75) is 32.9 Å². The Hall–Kier alpha value is -2.10. The molecule has 0 aliphatic heterocycles. The molecule has 1 aromatic heterocycles. The number of rotatable bonds is 5. The number of nitrogens with zero attached hydrogens (tertiary/aromatic N) is 2. The van der Waals surface area contributed by atoms with Gasteiger partial charge in [0.25, 0.3) is 0 Å². The molecule has 1 atom stereocenters. The van der Waals surface area contributed by atoms with Crippen LogP contribution in [-0.2, 0) is 0 Å². The van der Waals surface area contributed by atoms with Crippen LogP contribution < -0.4 is 10.1 Å². The van der Waals surface area contributed by atoms with Gasteiger partial charge in [-0.05, 0) is 38.5 Å². The van der Waals surface area contributed by atoms with Gasteiger partial charge in [0.2, 0.25) is 0 Å². The summed E-state index contributed by atoms with van der Waals surface area (Å²) in [6, 6.07) is 8.32. The SMILES string of the molecule is CC(C)Oc1ccc(C(C)Nc2cncnc2)cc1. The number of anilines is 1. The average molecular weight is 257 g/mol. The molecular formula is C15H19N3O. The fourth-order valence-corrected chi connectivity index (χ4v) is 1.81. The van der Waals surface area contributed by atoms with E-state index in [1.54, 1.807) is 12.4 Å². The minimum absolute atomic E-state index is 0.194. The molecule has 0 amide bonds. The highest BCUT2D eigenvalue weighted by Crippen LogP contribution is 2.21. The van der Waals surface area contributed by atoms with Crippen LogP contribution in [0.3, 0.4) is 0 Å². The molecule has 2 aromatic rings. The lowest BCUT2D eigenvalue weighted by atomic mass is 10.1. The van der Waals surface area contributed by atoms with Crippen molar-refractivity contribution in [1.29, 1.82) is 0 Å². The van der Waals surface area contributed by atoms with Gasteiger partial charge in [-0.25, -0.2) is 9.97 Å². The second-order valence-corrected chi connectivity index (χ2v) is 4.73. The highest BCUT2D eigenvalue weighted by molar-refractivity contribution is 5.41. The van der Waals surface area contributed by atoms with Crippen molar-refractivity contribution >= 4 is 5.69 Å². The smallest absolute Gasteiger partial charge is 0.119 e. The minimum Gasteiger partial charge on any atom is -0.491 e. The van der Waals surface area contributed by atoms with E-state index in [2.05, 4.69) is 34.3 Å². The first-order valence-corrected chi connectivity index (χ1v) is 6.43. The van der Waals surface area contributed by atoms with Gasteiger partial charge in [0, 0.05) is 6.04 Å². The average Bonchev–Trinajstić information content (AvgIpc) is 2.40. The summed E-state index contributed by atoms with van der Waals surface area (Å²) in [5, 5.41) is 3.35. The summed E-state index contributed by atoms with van der Waals surface area (Å²) in [7, 11) is 0. The van der Waals surface area contributed by atoms with Gasteiger partial charge in [-0.15, -0.1) is 0 Å². The van der Waals surface area contributed by atoms with Crippen LogP contribution in [0.5, 0.6) is 5.75 Å². The molecule has 1 N–H and O–H groups in total. The van der Waals surface area contributed by atoms with E-state index in [9.17, 15) is 0 Å². The van der Waals surface area contributed by atoms with E-state index in [4.69, 9.17) is 4.74 Å². The highest BCUT2D eigenvalue weighted by atomic mass is 16.5. The van der Waals surface area contributed by atoms with Crippen LogP contribution in [0.1, 0.15) is 32.4 Å². The summed E-state index contributed by atoms with van der Waals surface area (Å²) in [6.45, 7) is 6.15. The molecule has 0 aliphatic carbocycles. The van der Waals surface area contributed by atoms with E-state index in [1.807, 2.05) is 26.0 Å². The third-order valence-corrected chi connectivity index (χ3v) is 2.70. The molecule has 1 heterocycles. The van der Waals surface area contributed by atoms with Gasteiger partial charge in [0.1, 0.15) is 12.1 Å². The van der Waals surface area contributed by atoms with Gasteiger partial charge in [0.15, 0.2) is 0 Å². The van der Waals surface area contributed by atoms with Crippen LogP contribution in [0, 0.1) is 0 Å². The van der Waals surface area contributed by atoms with Gasteiger partial charge in [-0.2, -0.15) is 0 Å². The molecule has 100 valence electrons. The summed E-state index contributed by atoms with van der Waals surface area (Å²) >= 11 is 0. The van der Waals surface area contributed by atoms with Crippen LogP contribution in [0.4, 0.5) is 5.69 Å². The monoisotopic (exact) mass is 257 g/mol. The highest BCUT2D eigenvalue weighted by Gasteiger charge is 2.06. The number of benzene rings is 1. The van der Waals surface area contributed by atoms with Crippen LogP contribution >= 0.6 is 0 Å². The van der Waals surface area contributed by atoms with E-state index in [0.717, 1.165) is 11.4 Å². The number of aromatic nitrogens is 2. The third-order valence-electron chi connectivity index (χ3n) is 2.70. The largest absolute Gasteiger partial charge is 0.491 e. The van der Waals surface area contributed by atoms with E-state index in [-0.39, 0.29) is 12.1 Å². The molecular weight excluding hydrogens is 238 g/mol. The summed E-state index contributed by atoms with van der Waals surface area (Å²) in [6.07, 6.45) is 5.25. The lowest BCUT2D eigenvalue weighted by molar-refractivity contribution is 0.242. The van der Waals surface area contributed by atoms with Crippen molar-refractivity contribution in [3.63, 3.8) is 0 Å². The van der Waals surface area contributed by atoms with Crippen molar-refractivity contribution in [3.05, 3.63) is 48.5 Å². The third kappa shape index (κ3) is 3.95. The predicted octanol–water partition coefficient (Wildman–Crippen LogP) is 3.44. The molecule has 1 aromatic carbocycles. The standard InChI is InChI=1S/C15H19N3O/c1-11(2)19-15-6-4-13(5-7-15)12(3)18-14-8-16-10-17-9-14/h4-12,18H,1-3H3. The maximum absolute atomic E-state index is 5.63. The van der Waals surface area contributed by atoms with E-state index in [1.165, 1.54) is 11.9 Å². The number of nitrogens with one attached hydrogen (secondary N) is 1. The number of hydrogen-bond acceptors (Lipinski definition) is 4. The van der Waals surface area contributed by atoms with Crippen molar-refractivity contribution in [3.8, 4) is 5.75 Å². The molecule has 0 radical (unpaired) electrons. The van der Waals surface area contributed by atoms with Crippen LogP contribution in [-0.4, -0.2) is 16.1 Å². The molecule has 4 heteroatoms. The predicted molar refractivity (Wildman–Crippen MR) is 76.3 cm³/mol. The molecule has 1 unspecified atom stereocenters. The molecule has 0 bridgehead atoms. The van der Waals surface area contributed by atoms with Crippen molar-refractivity contribution in [1.82, 2.24) is 9.97 Å². The Morgan fingerprint density at radius 2 is 1.63 bits per heavy atom. The second kappa shape index (κ2) is 6.18. The summed E-state index contributed by atoms with van der Waals surface area (Å²) in [5.74, 6) is 0.897. The van der Waals surface area contributed by atoms with Crippen molar-refractivity contribution < 1.29 is 4.74 Å².